The number of benzene rings is 4. The summed E-state index contributed by atoms with van der Waals surface area (Å²) in [6.45, 7) is 0. The zero-order valence-corrected chi connectivity index (χ0v) is 22.7. The van der Waals surface area contributed by atoms with E-state index in [1.54, 1.807) is 7.11 Å². The Morgan fingerprint density at radius 3 is 1.71 bits per heavy atom. The first-order valence-corrected chi connectivity index (χ1v) is 16.4. The van der Waals surface area contributed by atoms with Crippen molar-refractivity contribution in [1.82, 2.24) is 0 Å². The Morgan fingerprint density at radius 1 is 0.676 bits per heavy atom. The smallest absolute Gasteiger partial charge is 0.147 e. The van der Waals surface area contributed by atoms with Crippen LogP contribution >= 0.6 is 36.4 Å². The molecule has 0 saturated carbocycles. The molecule has 0 heterocycles. The third-order valence-corrected chi connectivity index (χ3v) is 14.8. The van der Waals surface area contributed by atoms with E-state index in [-0.39, 0.29) is 0 Å². The van der Waals surface area contributed by atoms with E-state index in [2.05, 4.69) is 0 Å². The second kappa shape index (κ2) is 10.8. The molecule has 2 nitrogen and oxygen atoms in total. The fourth-order valence-electron chi connectivity index (χ4n) is 4.04. The van der Waals surface area contributed by atoms with Crippen LogP contribution in [-0.2, 0) is 16.4 Å². The van der Waals surface area contributed by atoms with Crippen molar-refractivity contribution in [3.05, 3.63) is 113 Å². The third-order valence-electron chi connectivity index (χ3n) is 5.86. The molecule has 0 radical (unpaired) electrons. The molecule has 1 unspecified atom stereocenters. The maximum absolute atomic E-state index is 14.9. The number of para-hydroxylation sites is 1. The molecule has 7 heteroatoms. The summed E-state index contributed by atoms with van der Waals surface area (Å²) >= 11 is 18.8. The van der Waals surface area contributed by atoms with Crippen LogP contribution in [0.25, 0.3) is 0 Å². The molecule has 0 aliphatic rings. The fraction of sp³-hybridized carbons (Fsp3) is 0.111. The molecule has 4 aromatic rings. The zero-order valence-electron chi connectivity index (χ0n) is 18.6. The van der Waals surface area contributed by atoms with E-state index in [0.717, 1.165) is 21.2 Å². The SMILES string of the molecule is COc1ccccc1P(=O)(CCP(=S)(c1ccc(Cl)cc1)c1ccc(Cl)cc1)c1ccccc1. The predicted octanol–water partition coefficient (Wildman–Crippen LogP) is 6.45. The van der Waals surface area contributed by atoms with Crippen molar-refractivity contribution in [2.24, 2.45) is 0 Å². The van der Waals surface area contributed by atoms with Gasteiger partial charge >= 0.3 is 0 Å². The molecule has 4 rings (SSSR count). The van der Waals surface area contributed by atoms with Gasteiger partial charge in [0.1, 0.15) is 12.9 Å². The molecule has 0 aliphatic heterocycles. The molecule has 0 saturated heterocycles. The van der Waals surface area contributed by atoms with Crippen LogP contribution in [0.2, 0.25) is 10.0 Å². The van der Waals surface area contributed by atoms with Crippen molar-refractivity contribution < 1.29 is 9.30 Å². The minimum atomic E-state index is -3.05. The number of rotatable bonds is 8. The lowest BCUT2D eigenvalue weighted by Gasteiger charge is -2.27. The number of halogens is 2. The van der Waals surface area contributed by atoms with E-state index in [0.29, 0.717) is 28.1 Å². The van der Waals surface area contributed by atoms with Crippen LogP contribution in [0.5, 0.6) is 5.75 Å². The summed E-state index contributed by atoms with van der Waals surface area (Å²) in [4.78, 5) is 0. The Hall–Kier alpha value is -1.86. The van der Waals surface area contributed by atoms with Crippen LogP contribution in [0.3, 0.4) is 0 Å². The highest BCUT2D eigenvalue weighted by molar-refractivity contribution is 8.22. The first-order chi connectivity index (χ1) is 16.4. The molecule has 0 spiro atoms. The van der Waals surface area contributed by atoms with E-state index in [1.807, 2.05) is 103 Å². The normalized spacial score (nSPS) is 13.3. The summed E-state index contributed by atoms with van der Waals surface area (Å²) in [7, 11) is -1.44. The third kappa shape index (κ3) is 5.20. The van der Waals surface area contributed by atoms with E-state index >= 15 is 0 Å². The van der Waals surface area contributed by atoms with Gasteiger partial charge < -0.3 is 9.30 Å². The number of methoxy groups -OCH3 is 1. The summed E-state index contributed by atoms with van der Waals surface area (Å²) < 4.78 is 20.5. The van der Waals surface area contributed by atoms with Gasteiger partial charge in [0, 0.05) is 27.5 Å². The first kappa shape index (κ1) is 25.2. The Morgan fingerprint density at radius 2 is 1.18 bits per heavy atom. The largest absolute Gasteiger partial charge is 0.496 e. The summed E-state index contributed by atoms with van der Waals surface area (Å²) in [5, 5.41) is 4.91. The van der Waals surface area contributed by atoms with Crippen LogP contribution in [0.4, 0.5) is 0 Å². The van der Waals surface area contributed by atoms with Crippen LogP contribution in [0.15, 0.2) is 103 Å². The van der Waals surface area contributed by atoms with Crippen molar-refractivity contribution in [3.8, 4) is 5.75 Å². The fourth-order valence-corrected chi connectivity index (χ4v) is 12.4. The van der Waals surface area contributed by atoms with Gasteiger partial charge in [-0.05, 0) is 53.2 Å². The van der Waals surface area contributed by atoms with E-state index in [4.69, 9.17) is 39.7 Å². The molecule has 0 aromatic heterocycles. The van der Waals surface area contributed by atoms with Gasteiger partial charge in [0.15, 0.2) is 0 Å². The predicted molar refractivity (Wildman–Crippen MR) is 153 cm³/mol. The highest BCUT2D eigenvalue weighted by atomic mass is 35.5. The van der Waals surface area contributed by atoms with Crippen molar-refractivity contribution in [3.63, 3.8) is 0 Å². The highest BCUT2D eigenvalue weighted by Gasteiger charge is 2.33. The minimum Gasteiger partial charge on any atom is -0.496 e. The lowest BCUT2D eigenvalue weighted by atomic mass is 10.3. The molecular formula is C27H24Cl2O2P2S. The van der Waals surface area contributed by atoms with Crippen molar-refractivity contribution in [2.75, 3.05) is 19.4 Å². The molecule has 174 valence electrons. The summed E-state index contributed by atoms with van der Waals surface area (Å²) in [5.74, 6) is 0.626. The Kier molecular flexibility index (Phi) is 8.03. The van der Waals surface area contributed by atoms with Gasteiger partial charge in [-0.25, -0.2) is 0 Å². The Balaban J connectivity index is 1.83. The summed E-state index contributed by atoms with van der Waals surface area (Å²) in [5.41, 5.74) is 0. The minimum absolute atomic E-state index is 0.417. The lowest BCUT2D eigenvalue weighted by Crippen LogP contribution is -2.25. The van der Waals surface area contributed by atoms with Gasteiger partial charge in [0.05, 0.1) is 12.4 Å². The molecule has 0 amide bonds. The molecule has 0 N–H and O–H groups in total. The maximum atomic E-state index is 14.9. The quantitative estimate of drug-likeness (QED) is 0.238. The number of hydrogen-bond acceptors (Lipinski definition) is 3. The van der Waals surface area contributed by atoms with Gasteiger partial charge in [-0.15, -0.1) is 0 Å². The Labute approximate surface area is 216 Å². The van der Waals surface area contributed by atoms with Crippen LogP contribution < -0.4 is 26.0 Å². The van der Waals surface area contributed by atoms with E-state index in [9.17, 15) is 4.57 Å². The molecule has 4 aromatic carbocycles. The maximum Gasteiger partial charge on any atom is 0.147 e. The van der Waals surface area contributed by atoms with Crippen LogP contribution in [0.1, 0.15) is 0 Å². The highest BCUT2D eigenvalue weighted by Crippen LogP contribution is 2.52. The van der Waals surface area contributed by atoms with Gasteiger partial charge in [0.25, 0.3) is 0 Å². The molecule has 0 fully saturated rings. The second-order valence-corrected chi connectivity index (χ2v) is 16.5. The van der Waals surface area contributed by atoms with Crippen LogP contribution in [0, 0.1) is 0 Å². The van der Waals surface area contributed by atoms with Gasteiger partial charge in [-0.3, -0.25) is 0 Å². The van der Waals surface area contributed by atoms with Crippen LogP contribution in [-0.4, -0.2) is 19.4 Å². The number of hydrogen-bond donors (Lipinski definition) is 0. The molecule has 0 bridgehead atoms. The van der Waals surface area contributed by atoms with Crippen molar-refractivity contribution >= 4 is 69.4 Å². The average Bonchev–Trinajstić information content (AvgIpc) is 2.88. The summed E-state index contributed by atoms with van der Waals surface area (Å²) in [6.07, 6.45) is 0.996. The van der Waals surface area contributed by atoms with Gasteiger partial charge in [-0.2, -0.15) is 0 Å². The second-order valence-electron chi connectivity index (χ2n) is 7.89. The Bertz CT molecular complexity index is 1310. The molecule has 34 heavy (non-hydrogen) atoms. The van der Waals surface area contributed by atoms with E-state index < -0.39 is 13.2 Å². The molecule has 1 atom stereocenters. The number of ether oxygens (including phenoxy) is 1. The van der Waals surface area contributed by atoms with Crippen molar-refractivity contribution in [1.29, 1.82) is 0 Å². The monoisotopic (exact) mass is 544 g/mol. The lowest BCUT2D eigenvalue weighted by molar-refractivity contribution is 0.418. The molecule has 0 aliphatic carbocycles. The van der Waals surface area contributed by atoms with Gasteiger partial charge in [0.2, 0.25) is 0 Å². The van der Waals surface area contributed by atoms with E-state index in [1.165, 1.54) is 0 Å². The first-order valence-electron chi connectivity index (χ1n) is 10.8. The average molecular weight is 545 g/mol. The summed E-state index contributed by atoms with van der Waals surface area (Å²) in [6, 6.07) is 30.3. The molecular weight excluding hydrogens is 521 g/mol. The standard InChI is InChI=1S/C27H24Cl2O2P2S/c1-31-26-9-5-6-10-27(26)32(30,23-7-3-2-4-8-23)19-20-33(34,24-15-11-21(28)12-16-24)25-17-13-22(29)14-18-25/h2-18H,19-20H2,1H3. The van der Waals surface area contributed by atoms with Gasteiger partial charge in [-0.1, -0.05) is 102 Å². The zero-order chi connectivity index (χ0) is 24.2. The van der Waals surface area contributed by atoms with Crippen molar-refractivity contribution in [2.45, 2.75) is 0 Å². The topological polar surface area (TPSA) is 26.3 Å².